The monoisotopic (exact) mass is 329 g/mol. The lowest BCUT2D eigenvalue weighted by Gasteiger charge is -2.08. The number of nitrogens with two attached hydrogens (primary N) is 1. The molecule has 0 heterocycles. The van der Waals surface area contributed by atoms with Gasteiger partial charge in [-0.2, -0.15) is 0 Å². The van der Waals surface area contributed by atoms with E-state index < -0.39 is 0 Å². The second-order valence-corrected chi connectivity index (χ2v) is 6.10. The van der Waals surface area contributed by atoms with Crippen LogP contribution < -0.4 is 15.8 Å². The number of ether oxygens (including phenoxy) is 1. The maximum atomic E-state index is 6.09. The van der Waals surface area contributed by atoms with Gasteiger partial charge in [-0.1, -0.05) is 35.9 Å². The number of nitrogens with one attached hydrogen (secondary N) is 1. The SMILES string of the molecule is COc1ccc(NC(N)=NCc2ccc(C3CC3)cc2)cc1Cl. The van der Waals surface area contributed by atoms with Gasteiger partial charge in [0.1, 0.15) is 5.75 Å². The largest absolute Gasteiger partial charge is 0.495 e. The Morgan fingerprint density at radius 3 is 2.61 bits per heavy atom. The maximum absolute atomic E-state index is 6.09. The summed E-state index contributed by atoms with van der Waals surface area (Å²) in [6.45, 7) is 0.549. The first-order chi connectivity index (χ1) is 11.2. The first kappa shape index (κ1) is 15.7. The van der Waals surface area contributed by atoms with Gasteiger partial charge >= 0.3 is 0 Å². The molecule has 3 rings (SSSR count). The van der Waals surface area contributed by atoms with Crippen molar-refractivity contribution in [2.75, 3.05) is 12.4 Å². The van der Waals surface area contributed by atoms with Gasteiger partial charge < -0.3 is 15.8 Å². The Bertz CT molecular complexity index is 709. The van der Waals surface area contributed by atoms with Gasteiger partial charge in [0.15, 0.2) is 5.96 Å². The molecule has 23 heavy (non-hydrogen) atoms. The van der Waals surface area contributed by atoms with E-state index in [2.05, 4.69) is 34.6 Å². The number of rotatable bonds is 5. The van der Waals surface area contributed by atoms with Gasteiger partial charge in [0, 0.05) is 5.69 Å². The van der Waals surface area contributed by atoms with Crippen molar-refractivity contribution < 1.29 is 4.74 Å². The first-order valence-electron chi connectivity index (χ1n) is 7.65. The molecule has 120 valence electrons. The number of hydrogen-bond acceptors (Lipinski definition) is 2. The number of guanidine groups is 1. The van der Waals surface area contributed by atoms with Crippen LogP contribution in [0.1, 0.15) is 29.9 Å². The normalized spacial score (nSPS) is 14.6. The van der Waals surface area contributed by atoms with Crippen LogP contribution in [0.4, 0.5) is 5.69 Å². The number of halogens is 1. The topological polar surface area (TPSA) is 59.6 Å². The van der Waals surface area contributed by atoms with Crippen LogP contribution in [-0.4, -0.2) is 13.1 Å². The van der Waals surface area contributed by atoms with E-state index in [1.165, 1.54) is 18.4 Å². The molecule has 0 aromatic heterocycles. The third-order valence-electron chi connectivity index (χ3n) is 3.88. The van der Waals surface area contributed by atoms with E-state index in [-0.39, 0.29) is 0 Å². The van der Waals surface area contributed by atoms with E-state index in [1.807, 2.05) is 6.07 Å². The summed E-state index contributed by atoms with van der Waals surface area (Å²) >= 11 is 6.09. The predicted octanol–water partition coefficient (Wildman–Crippen LogP) is 4.15. The highest BCUT2D eigenvalue weighted by molar-refractivity contribution is 6.32. The van der Waals surface area contributed by atoms with Crippen LogP contribution in [0.25, 0.3) is 0 Å². The number of methoxy groups -OCH3 is 1. The van der Waals surface area contributed by atoms with Crippen molar-refractivity contribution in [3.8, 4) is 5.75 Å². The minimum atomic E-state index is 0.359. The predicted molar refractivity (Wildman–Crippen MR) is 95.4 cm³/mol. The molecule has 0 spiro atoms. The van der Waals surface area contributed by atoms with Gasteiger partial charge in [-0.25, -0.2) is 4.99 Å². The molecule has 1 aliphatic carbocycles. The molecule has 1 saturated carbocycles. The standard InChI is InChI=1S/C18H20ClN3O/c1-23-17-9-8-15(10-16(17)19)22-18(20)21-11-12-2-4-13(5-3-12)14-6-7-14/h2-5,8-10,14H,6-7,11H2,1H3,(H3,20,21,22). The van der Waals surface area contributed by atoms with Gasteiger partial charge in [-0.05, 0) is 48.1 Å². The average Bonchev–Trinajstić information content (AvgIpc) is 3.39. The van der Waals surface area contributed by atoms with E-state index in [0.29, 0.717) is 23.3 Å². The van der Waals surface area contributed by atoms with Gasteiger partial charge in [-0.15, -0.1) is 0 Å². The third-order valence-corrected chi connectivity index (χ3v) is 4.18. The number of aliphatic imine (C=N–C) groups is 1. The summed E-state index contributed by atoms with van der Waals surface area (Å²) in [6.07, 6.45) is 2.64. The molecule has 1 fully saturated rings. The minimum Gasteiger partial charge on any atom is -0.495 e. The molecular weight excluding hydrogens is 310 g/mol. The van der Waals surface area contributed by atoms with E-state index in [4.69, 9.17) is 22.1 Å². The van der Waals surface area contributed by atoms with Crippen molar-refractivity contribution in [1.29, 1.82) is 0 Å². The molecule has 5 heteroatoms. The zero-order chi connectivity index (χ0) is 16.2. The molecule has 2 aromatic rings. The number of benzene rings is 2. The van der Waals surface area contributed by atoms with Crippen molar-refractivity contribution in [1.82, 2.24) is 0 Å². The first-order valence-corrected chi connectivity index (χ1v) is 8.03. The zero-order valence-electron chi connectivity index (χ0n) is 13.1. The highest BCUT2D eigenvalue weighted by Crippen LogP contribution is 2.39. The fraction of sp³-hybridized carbons (Fsp3) is 0.278. The lowest BCUT2D eigenvalue weighted by molar-refractivity contribution is 0.415. The van der Waals surface area contributed by atoms with Gasteiger partial charge in [-0.3, -0.25) is 0 Å². The molecule has 2 aromatic carbocycles. The van der Waals surface area contributed by atoms with Crippen molar-refractivity contribution in [2.45, 2.75) is 25.3 Å². The molecule has 0 atom stereocenters. The second-order valence-electron chi connectivity index (χ2n) is 5.69. The van der Waals surface area contributed by atoms with Crippen LogP contribution in [-0.2, 0) is 6.54 Å². The molecule has 0 amide bonds. The third kappa shape index (κ3) is 4.17. The summed E-state index contributed by atoms with van der Waals surface area (Å²) in [5, 5.41) is 3.56. The number of nitrogens with zero attached hydrogens (tertiary/aromatic N) is 1. The van der Waals surface area contributed by atoms with Crippen molar-refractivity contribution in [3.63, 3.8) is 0 Å². The molecule has 4 nitrogen and oxygen atoms in total. The van der Waals surface area contributed by atoms with Gasteiger partial charge in [0.2, 0.25) is 0 Å². The summed E-state index contributed by atoms with van der Waals surface area (Å²) in [5.41, 5.74) is 9.28. The number of anilines is 1. The smallest absolute Gasteiger partial charge is 0.193 e. The molecule has 1 aliphatic rings. The van der Waals surface area contributed by atoms with E-state index in [0.717, 1.165) is 17.2 Å². The Morgan fingerprint density at radius 1 is 1.26 bits per heavy atom. The summed E-state index contributed by atoms with van der Waals surface area (Å²) in [4.78, 5) is 4.36. The molecule has 0 aliphatic heterocycles. The lowest BCUT2D eigenvalue weighted by Crippen LogP contribution is -2.22. The molecule has 0 bridgehead atoms. The van der Waals surface area contributed by atoms with Crippen LogP contribution in [0, 0.1) is 0 Å². The van der Waals surface area contributed by atoms with E-state index in [9.17, 15) is 0 Å². The summed E-state index contributed by atoms with van der Waals surface area (Å²) in [7, 11) is 1.58. The molecule has 0 unspecified atom stereocenters. The molecule has 0 radical (unpaired) electrons. The highest BCUT2D eigenvalue weighted by atomic mass is 35.5. The highest BCUT2D eigenvalue weighted by Gasteiger charge is 2.22. The summed E-state index contributed by atoms with van der Waals surface area (Å²) < 4.78 is 5.12. The fourth-order valence-corrected chi connectivity index (χ4v) is 2.68. The van der Waals surface area contributed by atoms with Crippen LogP contribution in [0.2, 0.25) is 5.02 Å². The fourth-order valence-electron chi connectivity index (χ4n) is 2.42. The lowest BCUT2D eigenvalue weighted by atomic mass is 10.1. The van der Waals surface area contributed by atoms with E-state index >= 15 is 0 Å². The van der Waals surface area contributed by atoms with Crippen molar-refractivity contribution >= 4 is 23.2 Å². The Kier molecular flexibility index (Phi) is 4.72. The minimum absolute atomic E-state index is 0.359. The Hall–Kier alpha value is -2.20. The average molecular weight is 330 g/mol. The van der Waals surface area contributed by atoms with Crippen LogP contribution >= 0.6 is 11.6 Å². The second kappa shape index (κ2) is 6.92. The van der Waals surface area contributed by atoms with Crippen LogP contribution in [0.15, 0.2) is 47.5 Å². The maximum Gasteiger partial charge on any atom is 0.193 e. The Morgan fingerprint density at radius 2 is 2.00 bits per heavy atom. The summed E-state index contributed by atoms with van der Waals surface area (Å²) in [6, 6.07) is 14.0. The molecular formula is C18H20ClN3O. The molecule has 0 saturated heterocycles. The number of hydrogen-bond donors (Lipinski definition) is 2. The van der Waals surface area contributed by atoms with Crippen LogP contribution in [0.5, 0.6) is 5.75 Å². The Labute approximate surface area is 141 Å². The van der Waals surface area contributed by atoms with Crippen molar-refractivity contribution in [2.24, 2.45) is 10.7 Å². The van der Waals surface area contributed by atoms with Crippen LogP contribution in [0.3, 0.4) is 0 Å². The molecule has 3 N–H and O–H groups in total. The Balaban J connectivity index is 1.59. The zero-order valence-corrected chi connectivity index (χ0v) is 13.8. The van der Waals surface area contributed by atoms with Gasteiger partial charge in [0.25, 0.3) is 0 Å². The van der Waals surface area contributed by atoms with Crippen molar-refractivity contribution in [3.05, 3.63) is 58.6 Å². The quantitative estimate of drug-likeness (QED) is 0.640. The van der Waals surface area contributed by atoms with Gasteiger partial charge in [0.05, 0.1) is 18.7 Å². The summed E-state index contributed by atoms with van der Waals surface area (Å²) in [5.74, 6) is 1.76. The van der Waals surface area contributed by atoms with E-state index in [1.54, 1.807) is 19.2 Å².